The quantitative estimate of drug-likeness (QED) is 0.872. The van der Waals surface area contributed by atoms with Crippen molar-refractivity contribution < 1.29 is 9.50 Å². The summed E-state index contributed by atoms with van der Waals surface area (Å²) in [5.41, 5.74) is -0.220. The second kappa shape index (κ2) is 4.58. The van der Waals surface area contributed by atoms with Crippen LogP contribution in [0.15, 0.2) is 18.2 Å². The van der Waals surface area contributed by atoms with Crippen LogP contribution >= 0.6 is 11.6 Å². The summed E-state index contributed by atoms with van der Waals surface area (Å²) in [5.74, 6) is 0.748. The molecule has 1 aromatic rings. The summed E-state index contributed by atoms with van der Waals surface area (Å²) in [6, 6.07) is 4.95. The Labute approximate surface area is 107 Å². The molecule has 1 aliphatic rings. The van der Waals surface area contributed by atoms with E-state index in [1.807, 2.05) is 0 Å². The molecule has 0 heterocycles. The fourth-order valence-electron chi connectivity index (χ4n) is 2.57. The van der Waals surface area contributed by atoms with Gasteiger partial charge in [0, 0.05) is 6.42 Å². The molecule has 3 heteroatoms. The van der Waals surface area contributed by atoms with Gasteiger partial charge in [-0.1, -0.05) is 37.6 Å². The first kappa shape index (κ1) is 12.8. The van der Waals surface area contributed by atoms with Gasteiger partial charge in [-0.25, -0.2) is 4.39 Å². The van der Waals surface area contributed by atoms with Crippen LogP contribution in [0.5, 0.6) is 0 Å². The Kier molecular flexibility index (Phi) is 3.46. The van der Waals surface area contributed by atoms with Gasteiger partial charge in [0.15, 0.2) is 0 Å². The third-order valence-electron chi connectivity index (χ3n) is 3.78. The Hall–Kier alpha value is -0.600. The van der Waals surface area contributed by atoms with E-state index in [0.29, 0.717) is 23.8 Å². The Balaban J connectivity index is 2.05. The molecule has 2 rings (SSSR count). The smallest absolute Gasteiger partial charge is 0.145 e. The molecular weight excluding hydrogens is 239 g/mol. The molecule has 0 bridgehead atoms. The van der Waals surface area contributed by atoms with Crippen molar-refractivity contribution in [3.8, 4) is 0 Å². The van der Waals surface area contributed by atoms with Crippen LogP contribution in [0, 0.1) is 17.7 Å². The summed E-state index contributed by atoms with van der Waals surface area (Å²) in [4.78, 5) is 0. The van der Waals surface area contributed by atoms with E-state index >= 15 is 0 Å². The minimum atomic E-state index is -0.736. The molecule has 0 aromatic heterocycles. The second-order valence-corrected chi connectivity index (χ2v) is 5.93. The second-order valence-electron chi connectivity index (χ2n) is 5.53. The van der Waals surface area contributed by atoms with E-state index < -0.39 is 11.4 Å². The molecule has 0 saturated heterocycles. The van der Waals surface area contributed by atoms with Crippen molar-refractivity contribution >= 4 is 11.6 Å². The highest BCUT2D eigenvalue weighted by Crippen LogP contribution is 2.44. The van der Waals surface area contributed by atoms with Crippen LogP contribution in [0.4, 0.5) is 4.39 Å². The molecule has 1 saturated carbocycles. The molecule has 1 aromatic carbocycles. The molecule has 0 aliphatic heterocycles. The molecule has 0 unspecified atom stereocenters. The molecule has 0 amide bonds. The van der Waals surface area contributed by atoms with Crippen molar-refractivity contribution in [3.63, 3.8) is 0 Å². The van der Waals surface area contributed by atoms with Gasteiger partial charge >= 0.3 is 0 Å². The molecule has 94 valence electrons. The highest BCUT2D eigenvalue weighted by atomic mass is 35.5. The van der Waals surface area contributed by atoms with Gasteiger partial charge in [0.05, 0.1) is 10.6 Å². The average Bonchev–Trinajstić information content (AvgIpc) is 2.21. The molecule has 17 heavy (non-hydrogen) atoms. The predicted molar refractivity (Wildman–Crippen MR) is 67.6 cm³/mol. The van der Waals surface area contributed by atoms with Crippen molar-refractivity contribution in [1.29, 1.82) is 0 Å². The van der Waals surface area contributed by atoms with E-state index in [1.165, 1.54) is 6.07 Å². The van der Waals surface area contributed by atoms with E-state index in [1.54, 1.807) is 12.1 Å². The third-order valence-corrected chi connectivity index (χ3v) is 4.07. The summed E-state index contributed by atoms with van der Waals surface area (Å²) >= 11 is 5.73. The van der Waals surface area contributed by atoms with Crippen LogP contribution in [0.25, 0.3) is 0 Å². The first-order valence-corrected chi connectivity index (χ1v) is 6.44. The van der Waals surface area contributed by atoms with Crippen molar-refractivity contribution in [1.82, 2.24) is 0 Å². The molecule has 0 spiro atoms. The molecule has 1 fully saturated rings. The zero-order valence-corrected chi connectivity index (χ0v) is 11.0. The molecule has 0 atom stereocenters. The highest BCUT2D eigenvalue weighted by Gasteiger charge is 2.43. The van der Waals surface area contributed by atoms with Crippen LogP contribution in [0.2, 0.25) is 5.02 Å². The van der Waals surface area contributed by atoms with Crippen LogP contribution in [0.1, 0.15) is 32.3 Å². The average molecular weight is 257 g/mol. The number of rotatable bonds is 3. The van der Waals surface area contributed by atoms with Crippen molar-refractivity contribution in [2.45, 2.75) is 38.7 Å². The van der Waals surface area contributed by atoms with E-state index in [4.69, 9.17) is 11.6 Å². The Morgan fingerprint density at radius 3 is 2.71 bits per heavy atom. The fourth-order valence-corrected chi connectivity index (χ4v) is 2.77. The van der Waals surface area contributed by atoms with E-state index in [0.717, 1.165) is 12.8 Å². The highest BCUT2D eigenvalue weighted by molar-refractivity contribution is 6.30. The standard InChI is InChI=1S/C14H18ClFO/c1-9(2)11-7-14(17,8-11)6-10-4-3-5-12(15)13(10)16/h3-5,9,11,17H,6-8H2,1-2H3. The van der Waals surface area contributed by atoms with Crippen molar-refractivity contribution in [2.24, 2.45) is 11.8 Å². The first-order chi connectivity index (χ1) is 7.91. The summed E-state index contributed by atoms with van der Waals surface area (Å²) in [6.07, 6.45) is 1.88. The van der Waals surface area contributed by atoms with Crippen LogP contribution in [-0.4, -0.2) is 10.7 Å². The van der Waals surface area contributed by atoms with E-state index in [-0.39, 0.29) is 5.02 Å². The lowest BCUT2D eigenvalue weighted by Gasteiger charge is -2.46. The minimum Gasteiger partial charge on any atom is -0.390 e. The van der Waals surface area contributed by atoms with Gasteiger partial charge < -0.3 is 5.11 Å². The van der Waals surface area contributed by atoms with Crippen LogP contribution in [-0.2, 0) is 6.42 Å². The molecule has 1 N–H and O–H groups in total. The van der Waals surface area contributed by atoms with Gasteiger partial charge in [-0.15, -0.1) is 0 Å². The lowest BCUT2D eigenvalue weighted by atomic mass is 9.64. The molecular formula is C14H18ClFO. The summed E-state index contributed by atoms with van der Waals surface area (Å²) < 4.78 is 13.7. The summed E-state index contributed by atoms with van der Waals surface area (Å²) in [5, 5.41) is 10.4. The number of hydrogen-bond acceptors (Lipinski definition) is 1. The van der Waals surface area contributed by atoms with E-state index in [9.17, 15) is 9.50 Å². The SMILES string of the molecule is CC(C)C1CC(O)(Cc2cccc(Cl)c2F)C1. The maximum Gasteiger partial charge on any atom is 0.145 e. The Morgan fingerprint density at radius 2 is 2.12 bits per heavy atom. The van der Waals surface area contributed by atoms with Crippen molar-refractivity contribution in [2.75, 3.05) is 0 Å². The maximum atomic E-state index is 13.7. The lowest BCUT2D eigenvalue weighted by molar-refractivity contribution is -0.0864. The summed E-state index contributed by atoms with van der Waals surface area (Å²) in [7, 11) is 0. The number of aliphatic hydroxyl groups is 1. The normalized spacial score (nSPS) is 28.2. The Morgan fingerprint density at radius 1 is 1.47 bits per heavy atom. The first-order valence-electron chi connectivity index (χ1n) is 6.06. The van der Waals surface area contributed by atoms with Crippen LogP contribution in [0.3, 0.4) is 0 Å². The largest absolute Gasteiger partial charge is 0.390 e. The third kappa shape index (κ3) is 2.63. The van der Waals surface area contributed by atoms with Gasteiger partial charge in [-0.05, 0) is 36.3 Å². The zero-order chi connectivity index (χ0) is 12.6. The maximum absolute atomic E-state index is 13.7. The summed E-state index contributed by atoms with van der Waals surface area (Å²) in [6.45, 7) is 4.31. The molecule has 1 nitrogen and oxygen atoms in total. The molecule has 1 aliphatic carbocycles. The van der Waals surface area contributed by atoms with Gasteiger partial charge in [0.25, 0.3) is 0 Å². The minimum absolute atomic E-state index is 0.130. The molecule has 0 radical (unpaired) electrons. The number of hydrogen-bond donors (Lipinski definition) is 1. The van der Waals surface area contributed by atoms with Crippen molar-refractivity contribution in [3.05, 3.63) is 34.6 Å². The van der Waals surface area contributed by atoms with Gasteiger partial charge in [0.2, 0.25) is 0 Å². The van der Waals surface area contributed by atoms with E-state index in [2.05, 4.69) is 13.8 Å². The topological polar surface area (TPSA) is 20.2 Å². The fraction of sp³-hybridized carbons (Fsp3) is 0.571. The Bertz CT molecular complexity index is 411. The number of benzene rings is 1. The lowest BCUT2D eigenvalue weighted by Crippen LogP contribution is -2.47. The van der Waals surface area contributed by atoms with Gasteiger partial charge in [0.1, 0.15) is 5.82 Å². The monoisotopic (exact) mass is 256 g/mol. The van der Waals surface area contributed by atoms with Crippen LogP contribution < -0.4 is 0 Å². The number of halogens is 2. The van der Waals surface area contributed by atoms with Gasteiger partial charge in [-0.3, -0.25) is 0 Å². The van der Waals surface area contributed by atoms with Gasteiger partial charge in [-0.2, -0.15) is 0 Å². The predicted octanol–water partition coefficient (Wildman–Crippen LogP) is 3.82. The zero-order valence-electron chi connectivity index (χ0n) is 10.2.